The van der Waals surface area contributed by atoms with E-state index in [0.717, 1.165) is 54.9 Å². The SMILES string of the molecule is COc1cc(C)ccc1C(=O)N(C)CCN1CCC(OC(=O)Nc2ccccc2-c2ccccc2)CC1. The van der Waals surface area contributed by atoms with Crippen molar-refractivity contribution in [3.8, 4) is 16.9 Å². The Morgan fingerprint density at radius 2 is 1.70 bits per heavy atom. The first-order valence-electron chi connectivity index (χ1n) is 12.7. The maximum absolute atomic E-state index is 12.9. The summed E-state index contributed by atoms with van der Waals surface area (Å²) >= 11 is 0. The Morgan fingerprint density at radius 3 is 2.43 bits per heavy atom. The first-order chi connectivity index (χ1) is 17.9. The molecular weight excluding hydrogens is 466 g/mol. The summed E-state index contributed by atoms with van der Waals surface area (Å²) in [5.41, 5.74) is 4.35. The van der Waals surface area contributed by atoms with Crippen LogP contribution in [0.15, 0.2) is 72.8 Å². The zero-order valence-corrected chi connectivity index (χ0v) is 21.8. The summed E-state index contributed by atoms with van der Waals surface area (Å²) in [5.74, 6) is 0.544. The van der Waals surface area contributed by atoms with E-state index in [-0.39, 0.29) is 12.0 Å². The molecule has 4 rings (SSSR count). The van der Waals surface area contributed by atoms with Gasteiger partial charge in [0, 0.05) is 38.8 Å². The third-order valence-corrected chi connectivity index (χ3v) is 6.74. The average Bonchev–Trinajstić information content (AvgIpc) is 2.92. The van der Waals surface area contributed by atoms with Crippen molar-refractivity contribution in [1.29, 1.82) is 0 Å². The molecule has 1 saturated heterocycles. The Labute approximate surface area is 219 Å². The number of hydrogen-bond acceptors (Lipinski definition) is 5. The van der Waals surface area contributed by atoms with Crippen LogP contribution in [-0.4, -0.2) is 68.2 Å². The van der Waals surface area contributed by atoms with Crippen LogP contribution in [0.5, 0.6) is 5.75 Å². The van der Waals surface area contributed by atoms with E-state index in [9.17, 15) is 9.59 Å². The van der Waals surface area contributed by atoms with Crippen molar-refractivity contribution in [3.63, 3.8) is 0 Å². The molecule has 1 aliphatic heterocycles. The zero-order valence-electron chi connectivity index (χ0n) is 21.8. The van der Waals surface area contributed by atoms with Crippen LogP contribution in [0.2, 0.25) is 0 Å². The number of nitrogens with one attached hydrogen (secondary N) is 1. The Hall–Kier alpha value is -3.84. The predicted molar refractivity (Wildman–Crippen MR) is 146 cm³/mol. The summed E-state index contributed by atoms with van der Waals surface area (Å²) < 4.78 is 11.1. The Morgan fingerprint density at radius 1 is 1.00 bits per heavy atom. The Bertz CT molecular complexity index is 1210. The number of ether oxygens (including phenoxy) is 2. The summed E-state index contributed by atoms with van der Waals surface area (Å²) in [4.78, 5) is 29.6. The largest absolute Gasteiger partial charge is 0.496 e. The number of likely N-dealkylation sites (tertiary alicyclic amines) is 1. The van der Waals surface area contributed by atoms with E-state index in [0.29, 0.717) is 17.9 Å². The maximum Gasteiger partial charge on any atom is 0.411 e. The van der Waals surface area contributed by atoms with Crippen molar-refractivity contribution in [1.82, 2.24) is 9.80 Å². The molecule has 0 aliphatic carbocycles. The molecule has 1 N–H and O–H groups in total. The van der Waals surface area contributed by atoms with Crippen molar-refractivity contribution in [2.24, 2.45) is 0 Å². The van der Waals surface area contributed by atoms with Crippen molar-refractivity contribution in [2.45, 2.75) is 25.9 Å². The van der Waals surface area contributed by atoms with Gasteiger partial charge in [0.25, 0.3) is 5.91 Å². The van der Waals surface area contributed by atoms with E-state index in [4.69, 9.17) is 9.47 Å². The van der Waals surface area contributed by atoms with Gasteiger partial charge in [-0.15, -0.1) is 0 Å². The highest BCUT2D eigenvalue weighted by molar-refractivity contribution is 5.97. The lowest BCUT2D eigenvalue weighted by Crippen LogP contribution is -2.42. The van der Waals surface area contributed by atoms with Gasteiger partial charge in [-0.05, 0) is 49.1 Å². The fraction of sp³-hybridized carbons (Fsp3) is 0.333. The molecule has 1 aliphatic rings. The number of aryl methyl sites for hydroxylation is 1. The van der Waals surface area contributed by atoms with Crippen LogP contribution in [0.25, 0.3) is 11.1 Å². The average molecular weight is 502 g/mol. The van der Waals surface area contributed by atoms with Crippen LogP contribution < -0.4 is 10.1 Å². The summed E-state index contributed by atoms with van der Waals surface area (Å²) in [5, 5.41) is 2.92. The maximum atomic E-state index is 12.9. The molecule has 0 spiro atoms. The normalized spacial score (nSPS) is 14.1. The number of carbonyl (C=O) groups is 2. The second-order valence-electron chi connectivity index (χ2n) is 9.41. The van der Waals surface area contributed by atoms with Crippen molar-refractivity contribution >= 4 is 17.7 Å². The number of benzene rings is 3. The number of rotatable bonds is 8. The molecule has 1 fully saturated rings. The lowest BCUT2D eigenvalue weighted by atomic mass is 10.0. The third-order valence-electron chi connectivity index (χ3n) is 6.74. The van der Waals surface area contributed by atoms with Crippen LogP contribution in [0.4, 0.5) is 10.5 Å². The van der Waals surface area contributed by atoms with Gasteiger partial charge in [-0.1, -0.05) is 54.6 Å². The minimum Gasteiger partial charge on any atom is -0.496 e. The standard InChI is InChI=1S/C30H35N3O4/c1-22-13-14-26(28(21-22)36-3)29(34)32(2)19-20-33-17-15-24(16-18-33)37-30(35)31-27-12-8-7-11-25(27)23-9-5-4-6-10-23/h4-14,21,24H,15-20H2,1-3H3,(H,31,35). The van der Waals surface area contributed by atoms with E-state index in [1.807, 2.05) is 86.8 Å². The molecule has 3 aromatic rings. The van der Waals surface area contributed by atoms with E-state index in [1.165, 1.54) is 0 Å². The monoisotopic (exact) mass is 501 g/mol. The first-order valence-corrected chi connectivity index (χ1v) is 12.7. The molecule has 2 amide bonds. The molecule has 3 aromatic carbocycles. The van der Waals surface area contributed by atoms with E-state index >= 15 is 0 Å². The summed E-state index contributed by atoms with van der Waals surface area (Å²) in [7, 11) is 3.40. The van der Waals surface area contributed by atoms with Crippen molar-refractivity contribution < 1.29 is 19.1 Å². The van der Waals surface area contributed by atoms with Gasteiger partial charge in [-0.25, -0.2) is 4.79 Å². The third kappa shape index (κ3) is 6.89. The number of carbonyl (C=O) groups excluding carboxylic acids is 2. The zero-order chi connectivity index (χ0) is 26.2. The highest BCUT2D eigenvalue weighted by atomic mass is 16.6. The van der Waals surface area contributed by atoms with Gasteiger partial charge >= 0.3 is 6.09 Å². The molecule has 0 bridgehead atoms. The minimum absolute atomic E-state index is 0.0532. The Kier molecular flexibility index (Phi) is 8.80. The molecule has 7 heteroatoms. The molecule has 37 heavy (non-hydrogen) atoms. The van der Waals surface area contributed by atoms with Crippen LogP contribution in [-0.2, 0) is 4.74 Å². The smallest absolute Gasteiger partial charge is 0.411 e. The molecule has 0 unspecified atom stereocenters. The minimum atomic E-state index is -0.431. The number of amides is 2. The fourth-order valence-electron chi connectivity index (χ4n) is 4.58. The molecule has 0 aromatic heterocycles. The topological polar surface area (TPSA) is 71.1 Å². The number of likely N-dealkylation sites (N-methyl/N-ethyl adjacent to an activating group) is 1. The van der Waals surface area contributed by atoms with Crippen LogP contribution in [0.1, 0.15) is 28.8 Å². The molecule has 0 atom stereocenters. The lowest BCUT2D eigenvalue weighted by Gasteiger charge is -2.32. The van der Waals surface area contributed by atoms with E-state index < -0.39 is 6.09 Å². The molecule has 1 heterocycles. The molecule has 194 valence electrons. The van der Waals surface area contributed by atoms with Gasteiger partial charge in [0.2, 0.25) is 0 Å². The highest BCUT2D eigenvalue weighted by Crippen LogP contribution is 2.28. The molecule has 0 radical (unpaired) electrons. The summed E-state index contributed by atoms with van der Waals surface area (Å²) in [6.45, 7) is 4.97. The summed E-state index contributed by atoms with van der Waals surface area (Å²) in [6, 6.07) is 23.3. The van der Waals surface area contributed by atoms with E-state index in [2.05, 4.69) is 10.2 Å². The molecule has 7 nitrogen and oxygen atoms in total. The number of methoxy groups -OCH3 is 1. The number of nitrogens with zero attached hydrogens (tertiary/aromatic N) is 2. The van der Waals surface area contributed by atoms with Crippen LogP contribution in [0, 0.1) is 6.92 Å². The second-order valence-corrected chi connectivity index (χ2v) is 9.41. The quantitative estimate of drug-likeness (QED) is 0.444. The van der Waals surface area contributed by atoms with Crippen LogP contribution in [0.3, 0.4) is 0 Å². The van der Waals surface area contributed by atoms with Gasteiger partial charge < -0.3 is 19.3 Å². The number of anilines is 1. The Balaban J connectivity index is 1.23. The van der Waals surface area contributed by atoms with Gasteiger partial charge in [-0.2, -0.15) is 0 Å². The molecule has 0 saturated carbocycles. The van der Waals surface area contributed by atoms with Gasteiger partial charge in [-0.3, -0.25) is 10.1 Å². The first kappa shape index (κ1) is 26.2. The van der Waals surface area contributed by atoms with Gasteiger partial charge in [0.15, 0.2) is 0 Å². The number of hydrogen-bond donors (Lipinski definition) is 1. The van der Waals surface area contributed by atoms with Gasteiger partial charge in [0.1, 0.15) is 11.9 Å². The second kappa shape index (κ2) is 12.4. The number of para-hydroxylation sites is 1. The fourth-order valence-corrected chi connectivity index (χ4v) is 4.58. The molecular formula is C30H35N3O4. The van der Waals surface area contributed by atoms with Gasteiger partial charge in [0.05, 0.1) is 18.4 Å². The van der Waals surface area contributed by atoms with Crippen molar-refractivity contribution in [2.75, 3.05) is 45.7 Å². The van der Waals surface area contributed by atoms with Crippen LogP contribution >= 0.6 is 0 Å². The highest BCUT2D eigenvalue weighted by Gasteiger charge is 2.24. The van der Waals surface area contributed by atoms with E-state index in [1.54, 1.807) is 12.0 Å². The van der Waals surface area contributed by atoms with Crippen molar-refractivity contribution in [3.05, 3.63) is 83.9 Å². The predicted octanol–water partition coefficient (Wildman–Crippen LogP) is 5.46. The lowest BCUT2D eigenvalue weighted by molar-refractivity contribution is 0.0539. The number of piperidine rings is 1. The summed E-state index contributed by atoms with van der Waals surface area (Å²) in [6.07, 6.45) is 0.963.